The molecular weight excluding hydrogens is 465 g/mol. The van der Waals surface area contributed by atoms with E-state index in [9.17, 15) is 4.79 Å². The second-order valence-electron chi connectivity index (χ2n) is 6.97. The molecule has 0 spiro atoms. The van der Waals surface area contributed by atoms with Crippen molar-refractivity contribution in [2.24, 2.45) is 0 Å². The maximum Gasteiger partial charge on any atom is 0.276 e. The van der Waals surface area contributed by atoms with Crippen LogP contribution in [0, 0.1) is 6.92 Å². The van der Waals surface area contributed by atoms with Gasteiger partial charge in [-0.25, -0.2) is 9.97 Å². The Morgan fingerprint density at radius 3 is 2.73 bits per heavy atom. The van der Waals surface area contributed by atoms with Gasteiger partial charge in [0.2, 0.25) is 0 Å². The fourth-order valence-corrected chi connectivity index (χ4v) is 3.45. The zero-order chi connectivity index (χ0) is 23.4. The predicted octanol–water partition coefficient (Wildman–Crippen LogP) is 4.49. The minimum absolute atomic E-state index is 0.219. The quantitative estimate of drug-likeness (QED) is 0.283. The van der Waals surface area contributed by atoms with Crippen molar-refractivity contribution in [3.63, 3.8) is 0 Å². The van der Waals surface area contributed by atoms with E-state index in [0.29, 0.717) is 21.6 Å². The zero-order valence-electron chi connectivity index (χ0n) is 17.4. The van der Waals surface area contributed by atoms with E-state index in [-0.39, 0.29) is 18.1 Å². The van der Waals surface area contributed by atoms with Gasteiger partial charge in [0.25, 0.3) is 5.91 Å². The molecule has 0 aliphatic carbocycles. The number of nitrogens with two attached hydrogens (primary N) is 1. The average Bonchev–Trinajstić information content (AvgIpc) is 2.79. The monoisotopic (exact) mass is 483 g/mol. The molecule has 4 aromatic rings. The Hall–Kier alpha value is -3.82. The number of hydrogen-bond acceptors (Lipinski definition) is 8. The molecule has 0 saturated carbocycles. The van der Waals surface area contributed by atoms with Crippen molar-refractivity contribution in [3.05, 3.63) is 70.6 Å². The topological polar surface area (TPSA) is 127 Å². The van der Waals surface area contributed by atoms with Crippen LogP contribution in [0.1, 0.15) is 5.69 Å². The van der Waals surface area contributed by atoms with Crippen molar-refractivity contribution in [2.75, 3.05) is 23.1 Å². The van der Waals surface area contributed by atoms with Crippen LogP contribution in [0.4, 0.5) is 23.0 Å². The van der Waals surface area contributed by atoms with Crippen LogP contribution in [0.15, 0.2) is 54.9 Å². The number of pyridine rings is 1. The lowest BCUT2D eigenvalue weighted by atomic mass is 10.1. The van der Waals surface area contributed by atoms with Crippen LogP contribution in [-0.2, 0) is 4.79 Å². The zero-order valence-corrected chi connectivity index (χ0v) is 18.9. The summed E-state index contributed by atoms with van der Waals surface area (Å²) in [5.41, 5.74) is 14.1. The van der Waals surface area contributed by atoms with Crippen molar-refractivity contribution >= 4 is 63.0 Å². The number of nitrogen functional groups attached to an aromatic ring is 1. The molecule has 2 aromatic heterocycles. The first-order chi connectivity index (χ1) is 15.9. The number of amides is 1. The number of halogens is 2. The van der Waals surface area contributed by atoms with Crippen LogP contribution in [0.3, 0.4) is 0 Å². The van der Waals surface area contributed by atoms with Gasteiger partial charge in [0.05, 0.1) is 10.5 Å². The maximum absolute atomic E-state index is 12.2. The highest BCUT2D eigenvalue weighted by Gasteiger charge is 2.12. The van der Waals surface area contributed by atoms with Crippen molar-refractivity contribution in [2.45, 2.75) is 6.92 Å². The van der Waals surface area contributed by atoms with Crippen molar-refractivity contribution < 1.29 is 9.53 Å². The lowest BCUT2D eigenvalue weighted by molar-refractivity contribution is -0.122. The number of carbonyl (C=O) groups excluding carboxylic acids is 1. The van der Waals surface area contributed by atoms with E-state index in [2.05, 4.69) is 31.1 Å². The van der Waals surface area contributed by atoms with E-state index < -0.39 is 5.91 Å². The van der Waals surface area contributed by atoms with Crippen molar-refractivity contribution in [1.82, 2.24) is 20.4 Å². The molecule has 2 heterocycles. The van der Waals surface area contributed by atoms with Gasteiger partial charge in [-0.2, -0.15) is 0 Å². The number of hydrogen-bond donors (Lipinski definition) is 4. The van der Waals surface area contributed by atoms with Gasteiger partial charge in [0, 0.05) is 21.8 Å². The Morgan fingerprint density at radius 2 is 1.91 bits per heavy atom. The number of aryl methyl sites for hydroxylation is 1. The third kappa shape index (κ3) is 5.33. The second-order valence-corrected chi connectivity index (χ2v) is 7.81. The molecular formula is C22H19Cl2N7O2. The summed E-state index contributed by atoms with van der Waals surface area (Å²) in [6.07, 6.45) is 1.32. The van der Waals surface area contributed by atoms with Gasteiger partial charge in [-0.15, -0.1) is 0 Å². The smallest absolute Gasteiger partial charge is 0.276 e. The Kier molecular flexibility index (Phi) is 6.62. The summed E-state index contributed by atoms with van der Waals surface area (Å²) in [5, 5.41) is 4.89. The standard InChI is InChI=1S/C22H19Cl2N7O2/c1-12-5-7-14-16(28-12)3-2-4-17(14)29-21-20(25)22(27-11-26-21)31-30-19(32)10-33-18-8-6-13(23)9-15(18)24/h2-9,11H,10,25H2,1H3,(H,30,32)(H2,26,27,29,31). The van der Waals surface area contributed by atoms with E-state index in [4.69, 9.17) is 33.7 Å². The van der Waals surface area contributed by atoms with E-state index in [1.54, 1.807) is 12.1 Å². The second kappa shape index (κ2) is 9.76. The van der Waals surface area contributed by atoms with Gasteiger partial charge < -0.3 is 15.8 Å². The SMILES string of the molecule is Cc1ccc2c(Nc3ncnc(NNC(=O)COc4ccc(Cl)cc4Cl)c3N)cccc2n1. The molecule has 0 unspecified atom stereocenters. The van der Waals surface area contributed by atoms with Crippen LogP contribution < -0.4 is 26.6 Å². The lowest BCUT2D eigenvalue weighted by Gasteiger charge is -2.14. The number of anilines is 4. The van der Waals surface area contributed by atoms with Crippen LogP contribution in [-0.4, -0.2) is 27.5 Å². The molecule has 11 heteroatoms. The minimum Gasteiger partial charge on any atom is -0.482 e. The Balaban J connectivity index is 1.42. The van der Waals surface area contributed by atoms with Crippen LogP contribution >= 0.6 is 23.2 Å². The Labute approximate surface area is 199 Å². The molecule has 0 aliphatic heterocycles. The Morgan fingerprint density at radius 1 is 1.09 bits per heavy atom. The Bertz CT molecular complexity index is 1330. The van der Waals surface area contributed by atoms with Gasteiger partial charge in [-0.05, 0) is 49.4 Å². The highest BCUT2D eigenvalue weighted by molar-refractivity contribution is 6.35. The van der Waals surface area contributed by atoms with Crippen LogP contribution in [0.2, 0.25) is 10.0 Å². The molecule has 5 N–H and O–H groups in total. The van der Waals surface area contributed by atoms with Gasteiger partial charge in [0.15, 0.2) is 18.2 Å². The first-order valence-corrected chi connectivity index (χ1v) is 10.5. The fourth-order valence-electron chi connectivity index (χ4n) is 2.99. The van der Waals surface area contributed by atoms with E-state index in [1.807, 2.05) is 37.3 Å². The predicted molar refractivity (Wildman–Crippen MR) is 130 cm³/mol. The molecule has 4 rings (SSSR count). The van der Waals surface area contributed by atoms with Gasteiger partial charge in [-0.1, -0.05) is 29.3 Å². The molecule has 0 atom stereocenters. The molecule has 0 fully saturated rings. The van der Waals surface area contributed by atoms with E-state index in [0.717, 1.165) is 22.3 Å². The van der Waals surface area contributed by atoms with E-state index in [1.165, 1.54) is 12.4 Å². The molecule has 2 aromatic carbocycles. The number of rotatable bonds is 7. The third-order valence-corrected chi connectivity index (χ3v) is 5.11. The summed E-state index contributed by atoms with van der Waals surface area (Å²) in [4.78, 5) is 25.0. The number of carbonyl (C=O) groups is 1. The van der Waals surface area contributed by atoms with Crippen LogP contribution in [0.25, 0.3) is 10.9 Å². The highest BCUT2D eigenvalue weighted by Crippen LogP contribution is 2.30. The normalized spacial score (nSPS) is 10.6. The van der Waals surface area contributed by atoms with E-state index >= 15 is 0 Å². The molecule has 0 bridgehead atoms. The molecule has 33 heavy (non-hydrogen) atoms. The van der Waals surface area contributed by atoms with Gasteiger partial charge in [-0.3, -0.25) is 20.6 Å². The minimum atomic E-state index is -0.468. The maximum atomic E-state index is 12.2. The summed E-state index contributed by atoms with van der Waals surface area (Å²) >= 11 is 11.9. The number of nitrogens with zero attached hydrogens (tertiary/aromatic N) is 3. The summed E-state index contributed by atoms with van der Waals surface area (Å²) in [7, 11) is 0. The fraction of sp³-hybridized carbons (Fsp3) is 0.0909. The summed E-state index contributed by atoms with van der Waals surface area (Å²) in [5.74, 6) is 0.465. The molecule has 9 nitrogen and oxygen atoms in total. The van der Waals surface area contributed by atoms with Crippen LogP contribution in [0.5, 0.6) is 5.75 Å². The molecule has 0 radical (unpaired) electrons. The van der Waals surface area contributed by atoms with Crippen molar-refractivity contribution in [3.8, 4) is 5.75 Å². The number of aromatic nitrogens is 3. The van der Waals surface area contributed by atoms with Crippen molar-refractivity contribution in [1.29, 1.82) is 0 Å². The summed E-state index contributed by atoms with van der Waals surface area (Å²) in [6.45, 7) is 1.65. The lowest BCUT2D eigenvalue weighted by Crippen LogP contribution is -2.34. The highest BCUT2D eigenvalue weighted by atomic mass is 35.5. The van der Waals surface area contributed by atoms with Gasteiger partial charge in [0.1, 0.15) is 17.8 Å². The molecule has 168 valence electrons. The van der Waals surface area contributed by atoms with Gasteiger partial charge >= 0.3 is 0 Å². The molecule has 1 amide bonds. The largest absolute Gasteiger partial charge is 0.482 e. The molecule has 0 saturated heterocycles. The first-order valence-electron chi connectivity index (χ1n) is 9.77. The number of ether oxygens (including phenoxy) is 1. The molecule has 0 aliphatic rings. The number of hydrazine groups is 1. The number of nitrogens with one attached hydrogen (secondary N) is 3. The summed E-state index contributed by atoms with van der Waals surface area (Å²) < 4.78 is 5.40. The number of fused-ring (bicyclic) bond motifs is 1. The number of benzene rings is 2. The first kappa shape index (κ1) is 22.4. The average molecular weight is 484 g/mol. The summed E-state index contributed by atoms with van der Waals surface area (Å²) in [6, 6.07) is 14.3. The third-order valence-electron chi connectivity index (χ3n) is 4.58.